The molecule has 0 N–H and O–H groups in total. The Balaban J connectivity index is 0.899. The maximum Gasteiger partial charge on any atom is 0.311 e. The van der Waals surface area contributed by atoms with Crippen LogP contribution in [-0.4, -0.2) is 121 Å². The molecule has 76 heavy (non-hydrogen) atoms. The van der Waals surface area contributed by atoms with Crippen molar-refractivity contribution in [2.45, 2.75) is 247 Å². The summed E-state index contributed by atoms with van der Waals surface area (Å²) in [4.78, 5) is 29.2. The molecule has 0 saturated carbocycles. The minimum atomic E-state index is -1.25. The largest absolute Gasteiger partial charge is 0.459 e. The van der Waals surface area contributed by atoms with E-state index in [-0.39, 0.29) is 36.1 Å². The molecule has 10 bridgehead atoms. The first-order valence-corrected chi connectivity index (χ1v) is 28.8. The molecule has 0 aliphatic carbocycles. The number of carbonyl (C=O) groups is 2. The molecule has 14 nitrogen and oxygen atoms in total. The number of ether oxygens (including phenoxy) is 12. The van der Waals surface area contributed by atoms with E-state index in [0.717, 1.165) is 55.2 Å². The Morgan fingerprint density at radius 3 is 2.14 bits per heavy atom. The van der Waals surface area contributed by atoms with Crippen molar-refractivity contribution in [3.05, 3.63) is 95.6 Å². The molecule has 0 radical (unpaired) electrons. The average molecular weight is 1050 g/mol. The van der Waals surface area contributed by atoms with Crippen LogP contribution in [0.5, 0.6) is 0 Å². The van der Waals surface area contributed by atoms with Gasteiger partial charge in [-0.3, -0.25) is 9.59 Å². The van der Waals surface area contributed by atoms with Crippen LogP contribution in [0.3, 0.4) is 0 Å². The van der Waals surface area contributed by atoms with E-state index in [1.165, 1.54) is 0 Å². The summed E-state index contributed by atoms with van der Waals surface area (Å²) in [6, 6.07) is 20.2. The Kier molecular flexibility index (Phi) is 15.5. The fourth-order valence-corrected chi connectivity index (χ4v) is 14.8. The number of ketones is 1. The van der Waals surface area contributed by atoms with Gasteiger partial charge in [0, 0.05) is 45.6 Å². The minimum absolute atomic E-state index is 0.00916. The highest BCUT2D eigenvalue weighted by Crippen LogP contribution is 2.56. The maximum absolute atomic E-state index is 14.7. The molecular weight excluding hydrogens is 969 g/mol. The molecule has 0 unspecified atom stereocenters. The monoisotopic (exact) mass is 1050 g/mol. The molecule has 11 rings (SSSR count). The Hall–Kier alpha value is -3.38. The summed E-state index contributed by atoms with van der Waals surface area (Å²) in [5, 5.41) is 0. The SMILES string of the molecule is CO[C@@]1([C@@H]2C[C@H]3OC(=O)[C@H](C)[C@@H]4CCC[C@]5(CC[C@H](O5)[C@H](OCc5ccccc5)[C@@]5(C)CC(=O)[C@H](O5)[C@H]5C[C@]6(C)CC[C@](O5)(O6)[C@H]5CC[C@](C)(C[C@@H](C)/C=C(C)\C=C/[C@H]3O2)O5)O4)OCC[C@@H](C)[C@H]1OCc1ccccc1. The van der Waals surface area contributed by atoms with Crippen LogP contribution in [0.2, 0.25) is 0 Å². The highest BCUT2D eigenvalue weighted by molar-refractivity contribution is 5.87. The predicted octanol–water partition coefficient (Wildman–Crippen LogP) is 10.4. The zero-order chi connectivity index (χ0) is 53.1. The Bertz CT molecular complexity index is 2430. The Labute approximate surface area is 450 Å². The van der Waals surface area contributed by atoms with E-state index in [4.69, 9.17) is 56.8 Å². The molecule has 9 aliphatic rings. The van der Waals surface area contributed by atoms with Crippen molar-refractivity contribution in [1.29, 1.82) is 0 Å². The standard InChI is InChI=1S/C62H84O14/c1-39-21-22-47-49(33-52(69-47)62(65-8)54(41(3)25-31-68-62)66-37-43-16-11-9-12-17-43)70-56(64)42(4)46-20-15-26-60(71-46)28-23-48(72-60)55(67-38-44-18-13-10-14-19-44)59(7)35-45(63)53(75-59)50-36-58(6)29-30-61(73-50,76-58)51-24-27-57(5,74-51)34-40(2)32-39/h9-14,16-19,21-22,32,40-42,46-55H,15,20,23-31,33-38H2,1-8H3/b22-21-,39-32-/t40-,41+,42+,46-,47+,48-,49+,50+,51+,52-,53-,54+,55-,57+,58-,59+,60-,61-,62-/m0/s1. The van der Waals surface area contributed by atoms with Crippen LogP contribution >= 0.6 is 0 Å². The molecule has 0 aromatic heterocycles. The van der Waals surface area contributed by atoms with Crippen LogP contribution in [0.4, 0.5) is 0 Å². The number of esters is 1. The number of methoxy groups -OCH3 is 1. The zero-order valence-electron chi connectivity index (χ0n) is 46.2. The van der Waals surface area contributed by atoms with Crippen LogP contribution in [-0.2, 0) is 79.6 Å². The lowest BCUT2D eigenvalue weighted by Gasteiger charge is -2.48. The fourth-order valence-electron chi connectivity index (χ4n) is 14.8. The third-order valence-electron chi connectivity index (χ3n) is 18.7. The van der Waals surface area contributed by atoms with Gasteiger partial charge in [-0.15, -0.1) is 0 Å². The summed E-state index contributed by atoms with van der Waals surface area (Å²) >= 11 is 0. The van der Waals surface area contributed by atoms with Gasteiger partial charge < -0.3 is 56.8 Å². The van der Waals surface area contributed by atoms with E-state index in [0.29, 0.717) is 64.8 Å². The minimum Gasteiger partial charge on any atom is -0.459 e. The van der Waals surface area contributed by atoms with Gasteiger partial charge in [0.25, 0.3) is 0 Å². The lowest BCUT2D eigenvalue weighted by molar-refractivity contribution is -0.360. The first-order chi connectivity index (χ1) is 36.4. The van der Waals surface area contributed by atoms with Crippen LogP contribution in [0.25, 0.3) is 0 Å². The molecule has 14 heteroatoms. The number of hydrogen-bond donors (Lipinski definition) is 0. The first kappa shape index (κ1) is 54.6. The lowest BCUT2D eigenvalue weighted by atomic mass is 9.86. The molecule has 416 valence electrons. The quantitative estimate of drug-likeness (QED) is 0.231. The van der Waals surface area contributed by atoms with Crippen molar-refractivity contribution in [2.75, 3.05) is 13.7 Å². The molecule has 19 atom stereocenters. The Morgan fingerprint density at radius 2 is 1.41 bits per heavy atom. The summed E-state index contributed by atoms with van der Waals surface area (Å²) in [6.45, 7) is 15.9. The summed E-state index contributed by atoms with van der Waals surface area (Å²) in [7, 11) is 1.66. The topological polar surface area (TPSA) is 145 Å². The highest BCUT2D eigenvalue weighted by atomic mass is 16.8. The highest BCUT2D eigenvalue weighted by Gasteiger charge is 2.65. The van der Waals surface area contributed by atoms with Crippen molar-refractivity contribution in [3.8, 4) is 0 Å². The van der Waals surface area contributed by atoms with Gasteiger partial charge in [-0.05, 0) is 109 Å². The number of Topliss-reactive ketones (excluding diaryl/α,β-unsaturated/α-hetero) is 1. The van der Waals surface area contributed by atoms with Crippen molar-refractivity contribution < 1.29 is 66.4 Å². The number of fused-ring (bicyclic) bond motifs is 10. The van der Waals surface area contributed by atoms with E-state index in [1.807, 2.05) is 68.5 Å². The van der Waals surface area contributed by atoms with Gasteiger partial charge >= 0.3 is 5.97 Å². The summed E-state index contributed by atoms with van der Waals surface area (Å²) < 4.78 is 82.7. The summed E-state index contributed by atoms with van der Waals surface area (Å²) in [5.41, 5.74) is 1.14. The van der Waals surface area contributed by atoms with Crippen LogP contribution in [0, 0.1) is 17.8 Å². The van der Waals surface area contributed by atoms with Crippen molar-refractivity contribution in [2.24, 2.45) is 17.8 Å². The fraction of sp³-hybridized carbons (Fsp3) is 0.710. The number of rotatable bonds is 8. The predicted molar refractivity (Wildman–Crippen MR) is 280 cm³/mol. The van der Waals surface area contributed by atoms with Gasteiger partial charge in [-0.25, -0.2) is 0 Å². The third kappa shape index (κ3) is 10.8. The van der Waals surface area contributed by atoms with Crippen molar-refractivity contribution in [1.82, 2.24) is 0 Å². The van der Waals surface area contributed by atoms with E-state index >= 15 is 0 Å². The Morgan fingerprint density at radius 1 is 0.684 bits per heavy atom. The smallest absolute Gasteiger partial charge is 0.311 e. The van der Waals surface area contributed by atoms with Gasteiger partial charge in [-0.1, -0.05) is 98.3 Å². The first-order valence-electron chi connectivity index (χ1n) is 28.8. The molecule has 2 spiro atoms. The normalized spacial score (nSPS) is 46.9. The molecule has 8 fully saturated rings. The number of allylic oxidation sites excluding steroid dienone is 3. The number of carbonyl (C=O) groups excluding carboxylic acids is 2. The van der Waals surface area contributed by atoms with Gasteiger partial charge in [0.05, 0.1) is 55.3 Å². The second-order valence-electron chi connectivity index (χ2n) is 25.0. The third-order valence-corrected chi connectivity index (χ3v) is 18.7. The summed E-state index contributed by atoms with van der Waals surface area (Å²) in [5.74, 6) is -3.95. The second-order valence-corrected chi connectivity index (χ2v) is 25.0. The molecule has 9 aliphatic heterocycles. The maximum atomic E-state index is 14.7. The van der Waals surface area contributed by atoms with Crippen LogP contribution in [0.1, 0.15) is 149 Å². The molecule has 2 aromatic carbocycles. The number of hydrogen-bond acceptors (Lipinski definition) is 14. The molecule has 2 aromatic rings. The van der Waals surface area contributed by atoms with Gasteiger partial charge in [0.1, 0.15) is 48.3 Å². The molecule has 9 heterocycles. The zero-order valence-corrected chi connectivity index (χ0v) is 46.2. The van der Waals surface area contributed by atoms with Crippen LogP contribution < -0.4 is 0 Å². The number of benzene rings is 2. The average Bonchev–Trinajstić information content (AvgIpc) is 4.23. The van der Waals surface area contributed by atoms with Crippen molar-refractivity contribution >= 4 is 11.8 Å². The van der Waals surface area contributed by atoms with E-state index in [9.17, 15) is 9.59 Å². The molecular formula is C62H84O14. The van der Waals surface area contributed by atoms with Crippen molar-refractivity contribution in [3.63, 3.8) is 0 Å². The van der Waals surface area contributed by atoms with Gasteiger partial charge in [0.15, 0.2) is 17.4 Å². The molecule has 8 saturated heterocycles. The van der Waals surface area contributed by atoms with Gasteiger partial charge in [-0.2, -0.15) is 0 Å². The van der Waals surface area contributed by atoms with E-state index < -0.39 is 95.0 Å². The van der Waals surface area contributed by atoms with E-state index in [2.05, 4.69) is 58.9 Å². The lowest BCUT2D eigenvalue weighted by Crippen LogP contribution is -2.61. The van der Waals surface area contributed by atoms with Crippen LogP contribution in [0.15, 0.2) is 84.5 Å². The molecule has 0 amide bonds. The van der Waals surface area contributed by atoms with Gasteiger partial charge in [0.2, 0.25) is 5.79 Å². The summed E-state index contributed by atoms with van der Waals surface area (Å²) in [6.07, 6.45) is 9.84. The second kappa shape index (κ2) is 21.6. The van der Waals surface area contributed by atoms with E-state index in [1.54, 1.807) is 7.11 Å².